The zero-order valence-electron chi connectivity index (χ0n) is 17.8. The minimum Gasteiger partial charge on any atom is -0.453 e. The summed E-state index contributed by atoms with van der Waals surface area (Å²) < 4.78 is 27.0. The molecule has 0 aliphatic rings. The van der Waals surface area contributed by atoms with E-state index in [4.69, 9.17) is 9.29 Å². The second kappa shape index (κ2) is 12.1. The van der Waals surface area contributed by atoms with E-state index in [0.29, 0.717) is 18.5 Å². The average molecular weight is 489 g/mol. The molecule has 0 fully saturated rings. The Morgan fingerprint density at radius 1 is 1.06 bits per heavy atom. The number of hydrogen-bond donors (Lipinski definition) is 4. The molecule has 0 spiro atoms. The number of nitrogens with zero attached hydrogens (tertiary/aromatic N) is 1. The Kier molecular flexibility index (Phi) is 8.93. The predicted molar refractivity (Wildman–Crippen MR) is 127 cm³/mol. The lowest BCUT2D eigenvalue weighted by Gasteiger charge is -2.22. The first kappa shape index (κ1) is 24.4. The Hall–Kier alpha value is -3.28. The molecular formula is C22H24N4O5S2. The van der Waals surface area contributed by atoms with Crippen LogP contribution in [0.4, 0.5) is 10.5 Å². The van der Waals surface area contributed by atoms with E-state index < -0.39 is 29.4 Å². The second-order valence-corrected chi connectivity index (χ2v) is 8.69. The number of carbonyl (C=O) groups is 2. The van der Waals surface area contributed by atoms with Gasteiger partial charge in [0.05, 0.1) is 13.2 Å². The molecule has 1 unspecified atom stereocenters. The normalized spacial score (nSPS) is 13.4. The highest BCUT2D eigenvalue weighted by molar-refractivity contribution is 7.80. The number of benzene rings is 2. The molecule has 33 heavy (non-hydrogen) atoms. The molecule has 3 rings (SSSR count). The largest absolute Gasteiger partial charge is 0.453 e. The van der Waals surface area contributed by atoms with E-state index in [0.717, 1.165) is 16.1 Å². The molecule has 0 radical (unpaired) electrons. The van der Waals surface area contributed by atoms with Crippen LogP contribution in [0.25, 0.3) is 0 Å². The summed E-state index contributed by atoms with van der Waals surface area (Å²) in [7, 11) is 1.25. The Morgan fingerprint density at radius 2 is 1.76 bits per heavy atom. The Balaban J connectivity index is 1.76. The van der Waals surface area contributed by atoms with Gasteiger partial charge in [0.15, 0.2) is 0 Å². The molecule has 4 N–H and O–H groups in total. The van der Waals surface area contributed by atoms with Gasteiger partial charge >= 0.3 is 6.09 Å². The van der Waals surface area contributed by atoms with Crippen LogP contribution in [0.15, 0.2) is 66.2 Å². The third-order valence-electron chi connectivity index (χ3n) is 4.74. The first-order valence-electron chi connectivity index (χ1n) is 9.99. The summed E-state index contributed by atoms with van der Waals surface area (Å²) in [5.41, 5.74) is 2.29. The van der Waals surface area contributed by atoms with Crippen molar-refractivity contribution in [1.82, 2.24) is 15.6 Å². The number of hydrogen-bond acceptors (Lipinski definition) is 6. The van der Waals surface area contributed by atoms with Crippen molar-refractivity contribution in [1.29, 1.82) is 0 Å². The maximum atomic E-state index is 13.2. The van der Waals surface area contributed by atoms with Gasteiger partial charge in [-0.2, -0.15) is 0 Å². The third-order valence-corrected chi connectivity index (χ3v) is 6.04. The summed E-state index contributed by atoms with van der Waals surface area (Å²) in [4.78, 5) is 29.4. The average Bonchev–Trinajstić information content (AvgIpc) is 3.34. The number of amides is 2. The maximum Gasteiger partial charge on any atom is 0.407 e. The molecule has 0 aliphatic carbocycles. The molecule has 0 saturated heterocycles. The minimum atomic E-state index is -2.15. The van der Waals surface area contributed by atoms with Gasteiger partial charge in [-0.1, -0.05) is 42.5 Å². The van der Waals surface area contributed by atoms with Crippen molar-refractivity contribution in [2.45, 2.75) is 24.9 Å². The highest BCUT2D eigenvalue weighted by atomic mass is 32.2. The Bertz CT molecular complexity index is 1060. The molecule has 0 aliphatic heterocycles. The first-order chi connectivity index (χ1) is 15.9. The van der Waals surface area contributed by atoms with Gasteiger partial charge < -0.3 is 15.4 Å². The number of ether oxygens (including phenoxy) is 1. The summed E-state index contributed by atoms with van der Waals surface area (Å²) in [6.45, 7) is 0. The summed E-state index contributed by atoms with van der Waals surface area (Å²) in [5, 5.41) is 8.15. The van der Waals surface area contributed by atoms with Gasteiger partial charge in [-0.25, -0.2) is 14.0 Å². The highest BCUT2D eigenvalue weighted by Crippen LogP contribution is 2.22. The summed E-state index contributed by atoms with van der Waals surface area (Å²) in [6.07, 6.45) is 1.71. The fourth-order valence-corrected chi connectivity index (χ4v) is 4.21. The molecule has 2 aromatic carbocycles. The molecule has 1 heterocycles. The minimum absolute atomic E-state index is 0.297. The second-order valence-electron chi connectivity index (χ2n) is 7.06. The smallest absolute Gasteiger partial charge is 0.407 e. The zero-order valence-corrected chi connectivity index (χ0v) is 19.4. The van der Waals surface area contributed by atoms with Gasteiger partial charge in [0, 0.05) is 23.7 Å². The van der Waals surface area contributed by atoms with Crippen molar-refractivity contribution in [3.05, 3.63) is 82.3 Å². The third kappa shape index (κ3) is 7.67. The standard InChI is InChI=1S/C22H24N4O5S2/c1-31-22(28)25-18(13-15-5-3-2-4-6-15)20(27)24-19(21-23-11-12-32-21)14-16-7-9-17(10-8-16)26-33(29)30/h2-12,18-19,26H,13-14H2,1H3,(H,24,27)(H,25,28)(H,29,30)/t18-,19-/m0/s1. The monoisotopic (exact) mass is 488 g/mol. The van der Waals surface area contributed by atoms with Crippen molar-refractivity contribution in [2.24, 2.45) is 0 Å². The van der Waals surface area contributed by atoms with Crippen molar-refractivity contribution in [2.75, 3.05) is 11.8 Å². The van der Waals surface area contributed by atoms with Crippen molar-refractivity contribution < 1.29 is 23.1 Å². The van der Waals surface area contributed by atoms with Crippen molar-refractivity contribution >= 4 is 40.3 Å². The number of anilines is 1. The van der Waals surface area contributed by atoms with Crippen molar-refractivity contribution in [3.8, 4) is 0 Å². The number of nitrogens with one attached hydrogen (secondary N) is 3. The van der Waals surface area contributed by atoms with E-state index in [1.807, 2.05) is 35.7 Å². The number of aromatic nitrogens is 1. The van der Waals surface area contributed by atoms with Crippen LogP contribution < -0.4 is 15.4 Å². The first-order valence-corrected chi connectivity index (χ1v) is 12.0. The molecule has 0 bridgehead atoms. The van der Waals surface area contributed by atoms with E-state index in [9.17, 15) is 13.8 Å². The molecule has 9 nitrogen and oxygen atoms in total. The molecule has 3 atom stereocenters. The number of methoxy groups -OCH3 is 1. The Labute approximate surface area is 198 Å². The van der Waals surface area contributed by atoms with Crippen LogP contribution in [0.3, 0.4) is 0 Å². The van der Waals surface area contributed by atoms with Crippen molar-refractivity contribution in [3.63, 3.8) is 0 Å². The van der Waals surface area contributed by atoms with E-state index in [-0.39, 0.29) is 5.91 Å². The van der Waals surface area contributed by atoms with Gasteiger partial charge in [0.1, 0.15) is 11.0 Å². The summed E-state index contributed by atoms with van der Waals surface area (Å²) >= 11 is -0.740. The van der Waals surface area contributed by atoms with Crippen LogP contribution >= 0.6 is 11.3 Å². The van der Waals surface area contributed by atoms with Crippen LogP contribution in [0.1, 0.15) is 22.2 Å². The number of thiazole rings is 1. The van der Waals surface area contributed by atoms with Gasteiger partial charge in [-0.15, -0.1) is 11.3 Å². The van der Waals surface area contributed by atoms with Crippen LogP contribution in [0.2, 0.25) is 0 Å². The van der Waals surface area contributed by atoms with Gasteiger partial charge in [0.25, 0.3) is 11.3 Å². The predicted octanol–water partition coefficient (Wildman–Crippen LogP) is 3.06. The van der Waals surface area contributed by atoms with Gasteiger partial charge in [-0.05, 0) is 29.7 Å². The van der Waals surface area contributed by atoms with Crippen LogP contribution in [0.5, 0.6) is 0 Å². The molecule has 1 aromatic heterocycles. The molecular weight excluding hydrogens is 464 g/mol. The summed E-state index contributed by atoms with van der Waals surface area (Å²) in [5.74, 6) is -0.363. The molecule has 174 valence electrons. The molecule has 2 amide bonds. The van der Waals surface area contributed by atoms with Gasteiger partial charge in [-0.3, -0.25) is 14.1 Å². The van der Waals surface area contributed by atoms with Crippen LogP contribution in [0, 0.1) is 0 Å². The topological polar surface area (TPSA) is 130 Å². The van der Waals surface area contributed by atoms with Crippen LogP contribution in [-0.4, -0.2) is 38.9 Å². The SMILES string of the molecule is COC(=O)N[C@@H](Cc1ccccc1)C(=O)N[C@@H](Cc1ccc(NS(=O)O)cc1)c1nccs1. The van der Waals surface area contributed by atoms with E-state index in [1.165, 1.54) is 18.4 Å². The summed E-state index contributed by atoms with van der Waals surface area (Å²) in [6, 6.07) is 15.1. The lowest BCUT2D eigenvalue weighted by Crippen LogP contribution is -2.49. The quantitative estimate of drug-likeness (QED) is 0.325. The fourth-order valence-electron chi connectivity index (χ4n) is 3.18. The lowest BCUT2D eigenvalue weighted by atomic mass is 10.0. The number of rotatable bonds is 10. The molecule has 0 saturated carbocycles. The van der Waals surface area contributed by atoms with E-state index in [2.05, 4.69) is 20.3 Å². The zero-order chi connectivity index (χ0) is 23.6. The fraction of sp³-hybridized carbons (Fsp3) is 0.227. The van der Waals surface area contributed by atoms with Crippen LogP contribution in [-0.2, 0) is 33.6 Å². The Morgan fingerprint density at radius 3 is 2.36 bits per heavy atom. The number of carbonyl (C=O) groups excluding carboxylic acids is 2. The number of alkyl carbamates (subject to hydrolysis) is 1. The molecule has 11 heteroatoms. The van der Waals surface area contributed by atoms with E-state index >= 15 is 0 Å². The highest BCUT2D eigenvalue weighted by Gasteiger charge is 2.26. The lowest BCUT2D eigenvalue weighted by molar-refractivity contribution is -0.123. The van der Waals surface area contributed by atoms with E-state index in [1.54, 1.807) is 30.5 Å². The maximum absolute atomic E-state index is 13.2. The molecule has 3 aromatic rings. The van der Waals surface area contributed by atoms with Gasteiger partial charge in [0.2, 0.25) is 5.91 Å².